The molecule has 1 aliphatic heterocycles. The van der Waals surface area contributed by atoms with Gasteiger partial charge in [0.2, 0.25) is 5.91 Å². The summed E-state index contributed by atoms with van der Waals surface area (Å²) in [5.41, 5.74) is 0.554. The van der Waals surface area contributed by atoms with Gasteiger partial charge in [-0.1, -0.05) is 30.7 Å². The van der Waals surface area contributed by atoms with Crippen LogP contribution in [0.5, 0.6) is 0 Å². The molecule has 4 nitrogen and oxygen atoms in total. The fraction of sp³-hybridized carbons (Fsp3) is 0.562. The van der Waals surface area contributed by atoms with E-state index in [-0.39, 0.29) is 5.91 Å². The van der Waals surface area contributed by atoms with Crippen LogP contribution in [0.2, 0.25) is 5.02 Å². The molecule has 0 unspecified atom stereocenters. The Labute approximate surface area is 132 Å². The van der Waals surface area contributed by atoms with E-state index in [9.17, 15) is 4.79 Å². The maximum Gasteiger partial charge on any atom is 0.242 e. The Bertz CT molecular complexity index is 496. The fourth-order valence-corrected chi connectivity index (χ4v) is 3.03. The zero-order chi connectivity index (χ0) is 15.5. The minimum atomic E-state index is -0.499. The molecule has 1 heterocycles. The van der Waals surface area contributed by atoms with E-state index in [0.29, 0.717) is 0 Å². The first-order valence-corrected chi connectivity index (χ1v) is 7.87. The van der Waals surface area contributed by atoms with Gasteiger partial charge in [0.25, 0.3) is 0 Å². The average Bonchev–Trinajstić information content (AvgIpc) is 2.47. The molecule has 1 aromatic rings. The largest absolute Gasteiger partial charge is 0.367 e. The second-order valence-corrected chi connectivity index (χ2v) is 6.29. The number of carbonyl (C=O) groups is 1. The van der Waals surface area contributed by atoms with Crippen LogP contribution < -0.4 is 10.2 Å². The Morgan fingerprint density at radius 3 is 2.43 bits per heavy atom. The van der Waals surface area contributed by atoms with Crippen LogP contribution >= 0.6 is 11.6 Å². The van der Waals surface area contributed by atoms with Gasteiger partial charge in [0.05, 0.1) is 16.2 Å². The van der Waals surface area contributed by atoms with Crippen molar-refractivity contribution in [2.24, 2.45) is 0 Å². The predicted molar refractivity (Wildman–Crippen MR) is 88.0 cm³/mol. The highest BCUT2D eigenvalue weighted by molar-refractivity contribution is 6.33. The second-order valence-electron chi connectivity index (χ2n) is 5.89. The average molecular weight is 310 g/mol. The summed E-state index contributed by atoms with van der Waals surface area (Å²) in [6, 6.07) is 7.86. The van der Waals surface area contributed by atoms with Crippen molar-refractivity contribution in [3.8, 4) is 0 Å². The monoisotopic (exact) mass is 309 g/mol. The number of likely N-dealkylation sites (N-methyl/N-ethyl adjacent to an activating group) is 1. The molecule has 1 saturated heterocycles. The van der Waals surface area contributed by atoms with Gasteiger partial charge in [-0.25, -0.2) is 0 Å². The van der Waals surface area contributed by atoms with Crippen molar-refractivity contribution in [2.45, 2.75) is 26.3 Å². The molecule has 0 saturated carbocycles. The lowest BCUT2D eigenvalue weighted by Gasteiger charge is -2.40. The molecule has 1 N–H and O–H groups in total. The van der Waals surface area contributed by atoms with E-state index < -0.39 is 5.54 Å². The number of halogens is 1. The number of nitrogens with one attached hydrogen (secondary N) is 1. The number of amides is 1. The standard InChI is InChI=1S/C16H24ClN3O/c1-4-18-16(2,3)15(21)20-11-9-19(10-12-20)14-8-6-5-7-13(14)17/h5-8,18H,4,9-12H2,1-3H3. The number of piperazine rings is 1. The number of hydrogen-bond acceptors (Lipinski definition) is 3. The summed E-state index contributed by atoms with van der Waals surface area (Å²) in [7, 11) is 0. The summed E-state index contributed by atoms with van der Waals surface area (Å²) in [6.07, 6.45) is 0. The van der Waals surface area contributed by atoms with Crippen LogP contribution in [0.1, 0.15) is 20.8 Å². The minimum absolute atomic E-state index is 0.170. The van der Waals surface area contributed by atoms with E-state index in [0.717, 1.165) is 43.4 Å². The summed E-state index contributed by atoms with van der Waals surface area (Å²) < 4.78 is 0. The highest BCUT2D eigenvalue weighted by Gasteiger charge is 2.32. The van der Waals surface area contributed by atoms with E-state index >= 15 is 0 Å². The van der Waals surface area contributed by atoms with Crippen molar-refractivity contribution in [3.05, 3.63) is 29.3 Å². The van der Waals surface area contributed by atoms with Gasteiger partial charge in [-0.15, -0.1) is 0 Å². The van der Waals surface area contributed by atoms with Crippen LogP contribution in [0.25, 0.3) is 0 Å². The maximum atomic E-state index is 12.5. The van der Waals surface area contributed by atoms with Crippen molar-refractivity contribution < 1.29 is 4.79 Å². The molecule has 0 radical (unpaired) electrons. The Morgan fingerprint density at radius 1 is 1.24 bits per heavy atom. The first-order valence-electron chi connectivity index (χ1n) is 7.49. The molecular formula is C16H24ClN3O. The summed E-state index contributed by atoms with van der Waals surface area (Å²) in [5.74, 6) is 0.170. The van der Waals surface area contributed by atoms with Crippen LogP contribution in [0.4, 0.5) is 5.69 Å². The summed E-state index contributed by atoms with van der Waals surface area (Å²) in [6.45, 7) is 9.80. The van der Waals surface area contributed by atoms with Crippen molar-refractivity contribution >= 4 is 23.2 Å². The normalized spacial score (nSPS) is 16.2. The summed E-state index contributed by atoms with van der Waals surface area (Å²) >= 11 is 6.24. The van der Waals surface area contributed by atoms with Gasteiger partial charge in [-0.2, -0.15) is 0 Å². The number of rotatable bonds is 4. The number of benzene rings is 1. The van der Waals surface area contributed by atoms with Crippen LogP contribution in [-0.4, -0.2) is 49.1 Å². The lowest BCUT2D eigenvalue weighted by Crippen LogP contribution is -2.58. The van der Waals surface area contributed by atoms with Gasteiger partial charge < -0.3 is 15.1 Å². The third kappa shape index (κ3) is 3.69. The van der Waals surface area contributed by atoms with E-state index in [1.807, 2.05) is 49.9 Å². The number of carbonyl (C=O) groups excluding carboxylic acids is 1. The Hall–Kier alpha value is -1.26. The lowest BCUT2D eigenvalue weighted by molar-refractivity contribution is -0.137. The second kappa shape index (κ2) is 6.67. The van der Waals surface area contributed by atoms with Crippen LogP contribution in [0, 0.1) is 0 Å². The number of nitrogens with zero attached hydrogens (tertiary/aromatic N) is 2. The zero-order valence-corrected chi connectivity index (χ0v) is 13.8. The molecule has 1 aliphatic rings. The molecule has 1 aromatic carbocycles. The van der Waals surface area contributed by atoms with Crippen LogP contribution in [0.15, 0.2) is 24.3 Å². The number of anilines is 1. The van der Waals surface area contributed by atoms with Gasteiger partial charge in [0.1, 0.15) is 0 Å². The van der Waals surface area contributed by atoms with Gasteiger partial charge in [-0.05, 0) is 32.5 Å². The fourth-order valence-electron chi connectivity index (χ4n) is 2.77. The minimum Gasteiger partial charge on any atom is -0.367 e. The molecule has 0 spiro atoms. The smallest absolute Gasteiger partial charge is 0.242 e. The van der Waals surface area contributed by atoms with Crippen molar-refractivity contribution in [3.63, 3.8) is 0 Å². The van der Waals surface area contributed by atoms with E-state index in [1.54, 1.807) is 0 Å². The molecule has 21 heavy (non-hydrogen) atoms. The van der Waals surface area contributed by atoms with Crippen LogP contribution in [0.3, 0.4) is 0 Å². The van der Waals surface area contributed by atoms with Gasteiger partial charge in [0, 0.05) is 26.2 Å². The molecule has 0 aromatic heterocycles. The molecular weight excluding hydrogens is 286 g/mol. The third-order valence-corrected chi connectivity index (χ3v) is 4.23. The highest BCUT2D eigenvalue weighted by Crippen LogP contribution is 2.26. The molecule has 1 amide bonds. The molecule has 0 bridgehead atoms. The zero-order valence-electron chi connectivity index (χ0n) is 13.0. The molecule has 0 aliphatic carbocycles. The first kappa shape index (κ1) is 16.1. The quantitative estimate of drug-likeness (QED) is 0.927. The Morgan fingerprint density at radius 2 is 1.86 bits per heavy atom. The molecule has 1 fully saturated rings. The van der Waals surface area contributed by atoms with E-state index in [2.05, 4.69) is 10.2 Å². The predicted octanol–water partition coefficient (Wildman–Crippen LogP) is 2.38. The van der Waals surface area contributed by atoms with Gasteiger partial charge in [-0.3, -0.25) is 4.79 Å². The molecule has 0 atom stereocenters. The van der Waals surface area contributed by atoms with Gasteiger partial charge in [0.15, 0.2) is 0 Å². The first-order chi connectivity index (χ1) is 9.95. The molecule has 116 valence electrons. The van der Waals surface area contributed by atoms with Crippen LogP contribution in [-0.2, 0) is 4.79 Å². The van der Waals surface area contributed by atoms with Crippen molar-refractivity contribution in [2.75, 3.05) is 37.6 Å². The van der Waals surface area contributed by atoms with E-state index in [4.69, 9.17) is 11.6 Å². The third-order valence-electron chi connectivity index (χ3n) is 3.91. The van der Waals surface area contributed by atoms with Crippen molar-refractivity contribution in [1.29, 1.82) is 0 Å². The maximum absolute atomic E-state index is 12.5. The Kier molecular flexibility index (Phi) is 5.12. The van der Waals surface area contributed by atoms with Gasteiger partial charge >= 0.3 is 0 Å². The summed E-state index contributed by atoms with van der Waals surface area (Å²) in [5, 5.41) is 4.01. The Balaban J connectivity index is 1.98. The number of hydrogen-bond donors (Lipinski definition) is 1. The topological polar surface area (TPSA) is 35.6 Å². The molecule has 5 heteroatoms. The van der Waals surface area contributed by atoms with E-state index in [1.165, 1.54) is 0 Å². The molecule has 2 rings (SSSR count). The van der Waals surface area contributed by atoms with Crippen molar-refractivity contribution in [1.82, 2.24) is 10.2 Å². The number of para-hydroxylation sites is 1. The highest BCUT2D eigenvalue weighted by atomic mass is 35.5. The lowest BCUT2D eigenvalue weighted by atomic mass is 10.0. The summed E-state index contributed by atoms with van der Waals surface area (Å²) in [4.78, 5) is 16.7. The SMILES string of the molecule is CCNC(C)(C)C(=O)N1CCN(c2ccccc2Cl)CC1.